The van der Waals surface area contributed by atoms with Gasteiger partial charge < -0.3 is 14.2 Å². The predicted octanol–water partition coefficient (Wildman–Crippen LogP) is 3.69. The van der Waals surface area contributed by atoms with Gasteiger partial charge in [0.1, 0.15) is 11.2 Å². The number of rotatable bonds is 4. The smallest absolute Gasteiger partial charge is 0.228 e. The van der Waals surface area contributed by atoms with Crippen LogP contribution in [0.5, 0.6) is 0 Å². The van der Waals surface area contributed by atoms with Crippen molar-refractivity contribution in [2.24, 2.45) is 0 Å². The Bertz CT molecular complexity index is 1130. The minimum Gasteiger partial charge on any atom is -0.378 e. The van der Waals surface area contributed by atoms with Crippen LogP contribution in [-0.4, -0.2) is 45.8 Å². The quantitative estimate of drug-likeness (QED) is 0.536. The molecule has 4 aromatic rings. The molecular formula is C23H23N5O. The van der Waals surface area contributed by atoms with Crippen LogP contribution in [0.4, 0.5) is 5.95 Å². The Morgan fingerprint density at radius 2 is 1.79 bits per heavy atom. The molecule has 0 saturated carbocycles. The number of fused-ring (bicyclic) bond motifs is 1. The molecule has 0 bridgehead atoms. The zero-order valence-electron chi connectivity index (χ0n) is 16.5. The number of hydrogen-bond donors (Lipinski definition) is 0. The van der Waals surface area contributed by atoms with E-state index in [0.29, 0.717) is 13.2 Å². The third-order valence-electron chi connectivity index (χ3n) is 5.23. The minimum atomic E-state index is 0.699. The average Bonchev–Trinajstić information content (AvgIpc) is 3.17. The molecular weight excluding hydrogens is 362 g/mol. The first kappa shape index (κ1) is 17.8. The summed E-state index contributed by atoms with van der Waals surface area (Å²) >= 11 is 0. The average molecular weight is 385 g/mol. The number of morpholine rings is 1. The van der Waals surface area contributed by atoms with Crippen LogP contribution in [0.15, 0.2) is 60.9 Å². The highest BCUT2D eigenvalue weighted by Crippen LogP contribution is 2.28. The second kappa shape index (κ2) is 7.64. The number of nitrogens with zero attached hydrogens (tertiary/aromatic N) is 5. The molecule has 1 fully saturated rings. The lowest BCUT2D eigenvalue weighted by Gasteiger charge is -2.27. The molecule has 0 radical (unpaired) electrons. The van der Waals surface area contributed by atoms with E-state index in [0.717, 1.165) is 48.0 Å². The number of ether oxygens (including phenoxy) is 1. The second-order valence-electron chi connectivity index (χ2n) is 7.37. The van der Waals surface area contributed by atoms with E-state index in [2.05, 4.69) is 64.9 Å². The summed E-state index contributed by atoms with van der Waals surface area (Å²) in [6.45, 7) is 5.81. The van der Waals surface area contributed by atoms with Gasteiger partial charge >= 0.3 is 0 Å². The first-order valence-corrected chi connectivity index (χ1v) is 9.94. The first-order chi connectivity index (χ1) is 14.3. The number of hydrogen-bond acceptors (Lipinski definition) is 5. The Labute approximate surface area is 169 Å². The summed E-state index contributed by atoms with van der Waals surface area (Å²) in [4.78, 5) is 16.8. The van der Waals surface area contributed by atoms with Crippen LogP contribution in [0.1, 0.15) is 11.1 Å². The number of imidazole rings is 1. The van der Waals surface area contributed by atoms with E-state index >= 15 is 0 Å². The zero-order valence-corrected chi connectivity index (χ0v) is 16.5. The molecule has 0 aliphatic carbocycles. The Morgan fingerprint density at radius 3 is 2.59 bits per heavy atom. The van der Waals surface area contributed by atoms with E-state index in [-0.39, 0.29) is 0 Å². The highest BCUT2D eigenvalue weighted by atomic mass is 16.5. The van der Waals surface area contributed by atoms with Crippen molar-refractivity contribution in [1.82, 2.24) is 19.5 Å². The Kier molecular flexibility index (Phi) is 4.69. The molecule has 1 saturated heterocycles. The van der Waals surface area contributed by atoms with Crippen LogP contribution in [0, 0.1) is 6.92 Å². The van der Waals surface area contributed by atoms with Crippen LogP contribution in [-0.2, 0) is 11.3 Å². The molecule has 1 aliphatic heterocycles. The second-order valence-corrected chi connectivity index (χ2v) is 7.37. The predicted molar refractivity (Wildman–Crippen MR) is 114 cm³/mol. The molecule has 6 heteroatoms. The normalized spacial score (nSPS) is 14.4. The van der Waals surface area contributed by atoms with E-state index in [1.165, 1.54) is 11.1 Å². The van der Waals surface area contributed by atoms with Crippen LogP contribution >= 0.6 is 0 Å². The van der Waals surface area contributed by atoms with Gasteiger partial charge in [0.05, 0.1) is 26.1 Å². The maximum Gasteiger partial charge on any atom is 0.228 e. The van der Waals surface area contributed by atoms with E-state index in [9.17, 15) is 0 Å². The molecule has 5 rings (SSSR count). The highest BCUT2D eigenvalue weighted by Gasteiger charge is 2.20. The minimum absolute atomic E-state index is 0.699. The summed E-state index contributed by atoms with van der Waals surface area (Å²) in [5.74, 6) is 0.743. The molecule has 2 aromatic heterocycles. The van der Waals surface area contributed by atoms with Gasteiger partial charge in [-0.25, -0.2) is 9.97 Å². The summed E-state index contributed by atoms with van der Waals surface area (Å²) in [6.07, 6.45) is 1.87. The van der Waals surface area contributed by atoms with Gasteiger partial charge in [-0.3, -0.25) is 0 Å². The Hall–Kier alpha value is -3.25. The molecule has 0 atom stereocenters. The number of aromatic nitrogens is 4. The largest absolute Gasteiger partial charge is 0.378 e. The maximum absolute atomic E-state index is 5.51. The standard InChI is InChI=1S/C23H23N5O/c1-17-6-5-9-19(14-17)20-21-22(26-23(25-20)27-10-12-29-13-11-27)28(16-24-21)15-18-7-3-2-4-8-18/h2-9,14,16H,10-13,15H2,1H3. The molecule has 146 valence electrons. The van der Waals surface area contributed by atoms with Crippen molar-refractivity contribution in [2.75, 3.05) is 31.2 Å². The summed E-state index contributed by atoms with van der Waals surface area (Å²) in [5.41, 5.74) is 6.07. The summed E-state index contributed by atoms with van der Waals surface area (Å²) in [7, 11) is 0. The molecule has 0 N–H and O–H groups in total. The van der Waals surface area contributed by atoms with E-state index in [1.807, 2.05) is 12.4 Å². The van der Waals surface area contributed by atoms with Crippen LogP contribution in [0.2, 0.25) is 0 Å². The maximum atomic E-state index is 5.51. The van der Waals surface area contributed by atoms with Gasteiger partial charge in [0, 0.05) is 18.7 Å². The number of anilines is 1. The van der Waals surface area contributed by atoms with Crippen molar-refractivity contribution in [2.45, 2.75) is 13.5 Å². The number of aryl methyl sites for hydroxylation is 1. The van der Waals surface area contributed by atoms with E-state index in [1.54, 1.807) is 0 Å². The molecule has 1 aliphatic rings. The lowest BCUT2D eigenvalue weighted by atomic mass is 10.1. The lowest BCUT2D eigenvalue weighted by molar-refractivity contribution is 0.122. The van der Waals surface area contributed by atoms with Crippen LogP contribution < -0.4 is 4.90 Å². The summed E-state index contributed by atoms with van der Waals surface area (Å²) in [5, 5.41) is 0. The zero-order chi connectivity index (χ0) is 19.6. The van der Waals surface area contributed by atoms with Crippen molar-refractivity contribution in [3.8, 4) is 11.3 Å². The molecule has 0 amide bonds. The van der Waals surface area contributed by atoms with Crippen LogP contribution in [0.3, 0.4) is 0 Å². The molecule has 3 heterocycles. The van der Waals surface area contributed by atoms with Gasteiger partial charge in [-0.1, -0.05) is 54.1 Å². The molecule has 0 unspecified atom stereocenters. The van der Waals surface area contributed by atoms with E-state index < -0.39 is 0 Å². The fourth-order valence-corrected chi connectivity index (χ4v) is 3.73. The first-order valence-electron chi connectivity index (χ1n) is 9.94. The summed E-state index contributed by atoms with van der Waals surface area (Å²) in [6, 6.07) is 18.8. The van der Waals surface area contributed by atoms with Crippen molar-refractivity contribution < 1.29 is 4.74 Å². The molecule has 2 aromatic carbocycles. The summed E-state index contributed by atoms with van der Waals surface area (Å²) < 4.78 is 7.62. The lowest BCUT2D eigenvalue weighted by Crippen LogP contribution is -2.37. The van der Waals surface area contributed by atoms with Crippen molar-refractivity contribution in [1.29, 1.82) is 0 Å². The van der Waals surface area contributed by atoms with Gasteiger partial charge in [0.15, 0.2) is 5.65 Å². The third kappa shape index (κ3) is 3.59. The molecule has 0 spiro atoms. The monoisotopic (exact) mass is 385 g/mol. The Balaban J connectivity index is 1.66. The van der Waals surface area contributed by atoms with E-state index in [4.69, 9.17) is 19.7 Å². The third-order valence-corrected chi connectivity index (χ3v) is 5.23. The van der Waals surface area contributed by atoms with Gasteiger partial charge in [-0.2, -0.15) is 4.98 Å². The van der Waals surface area contributed by atoms with Crippen molar-refractivity contribution in [3.63, 3.8) is 0 Å². The number of benzene rings is 2. The fraction of sp³-hybridized carbons (Fsp3) is 0.261. The van der Waals surface area contributed by atoms with Crippen molar-refractivity contribution >= 4 is 17.1 Å². The fourth-order valence-electron chi connectivity index (χ4n) is 3.73. The SMILES string of the molecule is Cc1cccc(-c2nc(N3CCOCC3)nc3c2ncn3Cc2ccccc2)c1. The van der Waals surface area contributed by atoms with Gasteiger partial charge in [-0.15, -0.1) is 0 Å². The van der Waals surface area contributed by atoms with Gasteiger partial charge in [-0.05, 0) is 18.6 Å². The Morgan fingerprint density at radius 1 is 0.966 bits per heavy atom. The van der Waals surface area contributed by atoms with Gasteiger partial charge in [0.2, 0.25) is 5.95 Å². The molecule has 29 heavy (non-hydrogen) atoms. The van der Waals surface area contributed by atoms with Crippen molar-refractivity contribution in [3.05, 3.63) is 72.1 Å². The van der Waals surface area contributed by atoms with Gasteiger partial charge in [0.25, 0.3) is 0 Å². The highest BCUT2D eigenvalue weighted by molar-refractivity contribution is 5.88. The topological polar surface area (TPSA) is 56.1 Å². The molecule has 6 nitrogen and oxygen atoms in total. The van der Waals surface area contributed by atoms with Crippen LogP contribution in [0.25, 0.3) is 22.4 Å².